The van der Waals surface area contributed by atoms with Crippen molar-refractivity contribution < 1.29 is 13.9 Å². The molecule has 1 aliphatic carbocycles. The summed E-state index contributed by atoms with van der Waals surface area (Å²) in [4.78, 5) is 18.9. The molecule has 4 nitrogen and oxygen atoms in total. The molecule has 0 spiro atoms. The van der Waals surface area contributed by atoms with Gasteiger partial charge >= 0.3 is 5.97 Å². The average molecular weight is 409 g/mol. The first kappa shape index (κ1) is 20.7. The van der Waals surface area contributed by atoms with Gasteiger partial charge in [0.05, 0.1) is 18.8 Å². The zero-order valence-corrected chi connectivity index (χ0v) is 17.5. The van der Waals surface area contributed by atoms with Gasteiger partial charge in [-0.15, -0.1) is 0 Å². The Morgan fingerprint density at radius 2 is 2.10 bits per heavy atom. The Hall–Kier alpha value is -2.53. The first-order valence-electron chi connectivity index (χ1n) is 10.9. The van der Waals surface area contributed by atoms with Crippen LogP contribution in [0.5, 0.6) is 0 Å². The second-order valence-electron chi connectivity index (χ2n) is 8.27. The summed E-state index contributed by atoms with van der Waals surface area (Å²) < 4.78 is 18.7. The van der Waals surface area contributed by atoms with E-state index in [-0.39, 0.29) is 17.8 Å². The Kier molecular flexibility index (Phi) is 6.58. The smallest absolute Gasteiger partial charge is 0.320 e. The molecule has 0 unspecified atom stereocenters. The van der Waals surface area contributed by atoms with E-state index >= 15 is 0 Å². The highest BCUT2D eigenvalue weighted by atomic mass is 19.1. The maximum atomic E-state index is 13.5. The molecule has 5 heteroatoms. The molecule has 30 heavy (non-hydrogen) atoms. The molecule has 0 bridgehead atoms. The third-order valence-electron chi connectivity index (χ3n) is 6.34. The van der Waals surface area contributed by atoms with Gasteiger partial charge in [-0.2, -0.15) is 0 Å². The summed E-state index contributed by atoms with van der Waals surface area (Å²) in [5, 5.41) is 0. The zero-order chi connectivity index (χ0) is 20.9. The van der Waals surface area contributed by atoms with Crippen molar-refractivity contribution in [3.8, 4) is 11.1 Å². The van der Waals surface area contributed by atoms with Gasteiger partial charge in [0.1, 0.15) is 5.82 Å². The molecule has 0 N–H and O–H groups in total. The normalized spacial score (nSPS) is 24.1. The molecule has 1 aromatic heterocycles. The summed E-state index contributed by atoms with van der Waals surface area (Å²) >= 11 is 0. The van der Waals surface area contributed by atoms with Crippen molar-refractivity contribution in [1.29, 1.82) is 0 Å². The first-order valence-corrected chi connectivity index (χ1v) is 10.9. The first-order chi connectivity index (χ1) is 14.6. The minimum Gasteiger partial charge on any atom is -0.465 e. The van der Waals surface area contributed by atoms with Crippen molar-refractivity contribution in [2.45, 2.75) is 38.6 Å². The highest BCUT2D eigenvalue weighted by Crippen LogP contribution is 2.41. The number of pyridine rings is 1. The Morgan fingerprint density at radius 3 is 2.87 bits per heavy atom. The number of carbonyl (C=O) groups is 1. The van der Waals surface area contributed by atoms with Crippen LogP contribution in [-0.4, -0.2) is 41.6 Å². The lowest BCUT2D eigenvalue weighted by Gasteiger charge is -2.28. The average Bonchev–Trinajstić information content (AvgIpc) is 3.09. The van der Waals surface area contributed by atoms with E-state index in [0.717, 1.165) is 23.4 Å². The van der Waals surface area contributed by atoms with Gasteiger partial charge in [-0.3, -0.25) is 14.7 Å². The van der Waals surface area contributed by atoms with Crippen molar-refractivity contribution in [2.75, 3.05) is 19.7 Å². The molecular formula is C25H29FN2O2. The Morgan fingerprint density at radius 1 is 1.23 bits per heavy atom. The third kappa shape index (κ3) is 4.78. The number of ether oxygens (including phenoxy) is 1. The molecule has 0 amide bonds. The predicted octanol–water partition coefficient (Wildman–Crippen LogP) is 4.95. The van der Waals surface area contributed by atoms with Gasteiger partial charge in [0.15, 0.2) is 0 Å². The molecule has 1 saturated carbocycles. The molecule has 4 rings (SSSR count). The topological polar surface area (TPSA) is 42.4 Å². The molecule has 158 valence electrons. The van der Waals surface area contributed by atoms with E-state index in [1.807, 2.05) is 25.1 Å². The van der Waals surface area contributed by atoms with Crippen LogP contribution in [0.3, 0.4) is 0 Å². The van der Waals surface area contributed by atoms with E-state index in [1.165, 1.54) is 37.8 Å². The largest absolute Gasteiger partial charge is 0.465 e. The molecule has 2 aliphatic rings. The molecule has 2 fully saturated rings. The van der Waals surface area contributed by atoms with Gasteiger partial charge in [0, 0.05) is 24.3 Å². The number of fused-ring (bicyclic) bond motifs is 1. The number of aromatic nitrogens is 1. The molecule has 1 aromatic carbocycles. The number of likely N-dealkylation sites (tertiary alicyclic amines) is 1. The molecule has 0 radical (unpaired) electrons. The second-order valence-corrected chi connectivity index (χ2v) is 8.27. The SMILES string of the molecule is CCOC(=O)CN1C[C@@H]2CCCC[C@@H]2[C@@H]1/C=C/c1ccc(-c2cccc(F)c2)cn1. The number of benzene rings is 1. The molecular weight excluding hydrogens is 379 g/mol. The van der Waals surface area contributed by atoms with E-state index in [4.69, 9.17) is 4.74 Å². The molecule has 2 heterocycles. The summed E-state index contributed by atoms with van der Waals surface area (Å²) in [6.45, 7) is 3.58. The summed E-state index contributed by atoms with van der Waals surface area (Å²) in [7, 11) is 0. The predicted molar refractivity (Wildman–Crippen MR) is 116 cm³/mol. The van der Waals surface area contributed by atoms with Gasteiger partial charge in [-0.1, -0.05) is 37.1 Å². The van der Waals surface area contributed by atoms with Crippen LogP contribution in [0.15, 0.2) is 48.7 Å². The van der Waals surface area contributed by atoms with Gasteiger partial charge in [0.2, 0.25) is 0 Å². The van der Waals surface area contributed by atoms with E-state index in [1.54, 1.807) is 12.3 Å². The summed E-state index contributed by atoms with van der Waals surface area (Å²) in [5.74, 6) is 0.857. The Labute approximate surface area is 177 Å². The number of hydrogen-bond donors (Lipinski definition) is 0. The lowest BCUT2D eigenvalue weighted by atomic mass is 9.78. The van der Waals surface area contributed by atoms with Crippen LogP contribution >= 0.6 is 0 Å². The summed E-state index contributed by atoms with van der Waals surface area (Å²) in [5.41, 5.74) is 2.58. The second kappa shape index (κ2) is 9.52. The van der Waals surface area contributed by atoms with Gasteiger partial charge in [-0.25, -0.2) is 4.39 Å². The third-order valence-corrected chi connectivity index (χ3v) is 6.34. The monoisotopic (exact) mass is 408 g/mol. The number of esters is 1. The standard InChI is InChI=1S/C25H29FN2O2/c1-2-30-25(29)17-28-16-20-6-3-4-9-23(20)24(28)13-12-22-11-10-19(15-27-22)18-7-5-8-21(26)14-18/h5,7-8,10-15,20,23-24H,2-4,6,9,16-17H2,1H3/b13-12+/t20-,23-,24-/m0/s1. The van der Waals surface area contributed by atoms with Gasteiger partial charge < -0.3 is 4.74 Å². The number of nitrogens with zero attached hydrogens (tertiary/aromatic N) is 2. The highest BCUT2D eigenvalue weighted by Gasteiger charge is 2.41. The number of rotatable bonds is 6. The summed E-state index contributed by atoms with van der Waals surface area (Å²) in [6.07, 6.45) is 11.0. The zero-order valence-electron chi connectivity index (χ0n) is 17.5. The highest BCUT2D eigenvalue weighted by molar-refractivity contribution is 5.72. The summed E-state index contributed by atoms with van der Waals surface area (Å²) in [6, 6.07) is 10.7. The number of hydrogen-bond acceptors (Lipinski definition) is 4. The molecule has 1 aliphatic heterocycles. The van der Waals surface area contributed by atoms with Gasteiger partial charge in [0.25, 0.3) is 0 Å². The molecule has 2 aromatic rings. The van der Waals surface area contributed by atoms with Crippen LogP contribution < -0.4 is 0 Å². The van der Waals surface area contributed by atoms with Crippen molar-refractivity contribution in [3.63, 3.8) is 0 Å². The van der Waals surface area contributed by atoms with Crippen LogP contribution in [0, 0.1) is 17.7 Å². The quantitative estimate of drug-likeness (QED) is 0.634. The van der Waals surface area contributed by atoms with Crippen LogP contribution in [0.25, 0.3) is 17.2 Å². The van der Waals surface area contributed by atoms with Crippen LogP contribution in [-0.2, 0) is 9.53 Å². The number of carbonyl (C=O) groups excluding carboxylic acids is 1. The fourth-order valence-electron chi connectivity index (χ4n) is 4.95. The maximum Gasteiger partial charge on any atom is 0.320 e. The lowest BCUT2D eigenvalue weighted by molar-refractivity contribution is -0.144. The number of halogens is 1. The van der Waals surface area contributed by atoms with E-state index in [0.29, 0.717) is 25.0 Å². The maximum absolute atomic E-state index is 13.5. The van der Waals surface area contributed by atoms with Crippen LogP contribution in [0.4, 0.5) is 4.39 Å². The fourth-order valence-corrected chi connectivity index (χ4v) is 4.95. The van der Waals surface area contributed by atoms with Crippen molar-refractivity contribution >= 4 is 12.0 Å². The van der Waals surface area contributed by atoms with E-state index in [2.05, 4.69) is 22.0 Å². The van der Waals surface area contributed by atoms with Crippen molar-refractivity contribution in [1.82, 2.24) is 9.88 Å². The van der Waals surface area contributed by atoms with Crippen LogP contribution in [0.1, 0.15) is 38.3 Å². The van der Waals surface area contributed by atoms with Gasteiger partial charge in [-0.05, 0) is 61.4 Å². The lowest BCUT2D eigenvalue weighted by Crippen LogP contribution is -2.36. The Bertz CT molecular complexity index is 896. The van der Waals surface area contributed by atoms with Crippen molar-refractivity contribution in [2.24, 2.45) is 11.8 Å². The molecule has 1 saturated heterocycles. The fraction of sp³-hybridized carbons (Fsp3) is 0.440. The van der Waals surface area contributed by atoms with E-state index in [9.17, 15) is 9.18 Å². The Balaban J connectivity index is 1.49. The minimum atomic E-state index is -0.249. The van der Waals surface area contributed by atoms with Crippen LogP contribution in [0.2, 0.25) is 0 Å². The molecule has 3 atom stereocenters. The van der Waals surface area contributed by atoms with E-state index < -0.39 is 0 Å². The van der Waals surface area contributed by atoms with Crippen molar-refractivity contribution in [3.05, 3.63) is 60.2 Å². The minimum absolute atomic E-state index is 0.146.